The van der Waals surface area contributed by atoms with Crippen LogP contribution in [0.15, 0.2) is 42.6 Å². The average molecular weight is 454 g/mol. The summed E-state index contributed by atoms with van der Waals surface area (Å²) < 4.78 is 18.6. The number of ether oxygens (including phenoxy) is 1. The Labute approximate surface area is 199 Å². The van der Waals surface area contributed by atoms with Crippen LogP contribution in [0.2, 0.25) is 0 Å². The summed E-state index contributed by atoms with van der Waals surface area (Å²) in [5, 5.41) is 0. The smallest absolute Gasteiger partial charge is 0.314 e. The molecule has 3 rings (SSSR count). The van der Waals surface area contributed by atoms with Crippen LogP contribution in [0.1, 0.15) is 95.2 Å². The van der Waals surface area contributed by atoms with E-state index in [1.54, 1.807) is 18.3 Å². The van der Waals surface area contributed by atoms with Gasteiger partial charge in [0, 0.05) is 5.69 Å². The van der Waals surface area contributed by atoms with E-state index in [0.29, 0.717) is 5.75 Å². The van der Waals surface area contributed by atoms with Gasteiger partial charge in [-0.05, 0) is 74.3 Å². The number of nitrogens with zero attached hydrogens (tertiary/aromatic N) is 1. The van der Waals surface area contributed by atoms with Crippen molar-refractivity contribution in [2.75, 3.05) is 0 Å². The second-order valence-corrected chi connectivity index (χ2v) is 9.66. The highest BCUT2D eigenvalue weighted by Crippen LogP contribution is 2.33. The van der Waals surface area contributed by atoms with Crippen LogP contribution in [0.3, 0.4) is 0 Å². The Kier molecular flexibility index (Phi) is 10.9. The number of carbonyl (C=O) groups excluding carboxylic acids is 1. The summed E-state index contributed by atoms with van der Waals surface area (Å²) >= 11 is 0. The molecule has 0 bridgehead atoms. The topological polar surface area (TPSA) is 39.2 Å². The van der Waals surface area contributed by atoms with Crippen LogP contribution in [0.4, 0.5) is 4.39 Å². The monoisotopic (exact) mass is 453 g/mol. The number of aromatic nitrogens is 1. The van der Waals surface area contributed by atoms with Gasteiger partial charge in [-0.25, -0.2) is 4.39 Å². The van der Waals surface area contributed by atoms with Gasteiger partial charge in [0.25, 0.3) is 0 Å². The van der Waals surface area contributed by atoms with E-state index in [2.05, 4.69) is 11.9 Å². The molecule has 4 heteroatoms. The molecule has 0 atom stereocenters. The predicted molar refractivity (Wildman–Crippen MR) is 132 cm³/mol. The number of hydrogen-bond acceptors (Lipinski definition) is 3. The van der Waals surface area contributed by atoms with E-state index in [9.17, 15) is 9.18 Å². The van der Waals surface area contributed by atoms with Gasteiger partial charge in [0.05, 0.1) is 12.1 Å². The van der Waals surface area contributed by atoms with E-state index >= 15 is 0 Å². The Morgan fingerprint density at radius 2 is 1.61 bits per heavy atom. The minimum atomic E-state index is -0.218. The number of benzene rings is 1. The molecule has 33 heavy (non-hydrogen) atoms. The van der Waals surface area contributed by atoms with Crippen LogP contribution in [0.5, 0.6) is 5.75 Å². The molecule has 3 nitrogen and oxygen atoms in total. The summed E-state index contributed by atoms with van der Waals surface area (Å²) in [7, 11) is 0. The number of aryl methyl sites for hydroxylation is 2. The molecule has 0 aliphatic heterocycles. The third-order valence-electron chi connectivity index (χ3n) is 7.00. The maximum Gasteiger partial charge on any atom is 0.314 e. The van der Waals surface area contributed by atoms with Crippen molar-refractivity contribution in [3.8, 4) is 5.75 Å². The van der Waals surface area contributed by atoms with E-state index in [-0.39, 0.29) is 17.7 Å². The number of esters is 1. The van der Waals surface area contributed by atoms with Crippen molar-refractivity contribution in [2.45, 2.75) is 96.8 Å². The van der Waals surface area contributed by atoms with E-state index < -0.39 is 0 Å². The third kappa shape index (κ3) is 9.27. The summed E-state index contributed by atoms with van der Waals surface area (Å²) in [4.78, 5) is 17.0. The fourth-order valence-electron chi connectivity index (χ4n) is 4.82. The van der Waals surface area contributed by atoms with Crippen molar-refractivity contribution in [3.63, 3.8) is 0 Å². The van der Waals surface area contributed by atoms with Crippen LogP contribution >= 0.6 is 0 Å². The first-order valence-corrected chi connectivity index (χ1v) is 13.0. The van der Waals surface area contributed by atoms with Crippen molar-refractivity contribution in [1.29, 1.82) is 0 Å². The average Bonchev–Trinajstić information content (AvgIpc) is 2.84. The molecule has 0 spiro atoms. The molecule has 0 unspecified atom stereocenters. The van der Waals surface area contributed by atoms with Gasteiger partial charge in [0.2, 0.25) is 0 Å². The van der Waals surface area contributed by atoms with Crippen molar-refractivity contribution >= 4 is 5.97 Å². The lowest BCUT2D eigenvalue weighted by molar-refractivity contribution is -0.140. The largest absolute Gasteiger partial charge is 0.425 e. The Bertz CT molecular complexity index is 811. The van der Waals surface area contributed by atoms with E-state index in [4.69, 9.17) is 4.74 Å². The predicted octanol–water partition coefficient (Wildman–Crippen LogP) is 7.86. The van der Waals surface area contributed by atoms with Gasteiger partial charge in [-0.3, -0.25) is 9.78 Å². The van der Waals surface area contributed by atoms with Crippen LogP contribution in [-0.2, 0) is 17.6 Å². The minimum absolute atomic E-state index is 0.0217. The summed E-state index contributed by atoms with van der Waals surface area (Å²) in [5.74, 6) is 1.01. The second kappa shape index (κ2) is 14.1. The summed E-state index contributed by atoms with van der Waals surface area (Å²) in [6, 6.07) is 10.3. The third-order valence-corrected chi connectivity index (χ3v) is 7.00. The number of hydrogen-bond donors (Lipinski definition) is 0. The molecule has 1 saturated carbocycles. The molecule has 1 aromatic carbocycles. The van der Waals surface area contributed by atoms with Gasteiger partial charge < -0.3 is 4.74 Å². The first kappa shape index (κ1) is 25.4. The molecule has 2 aromatic rings. The number of rotatable bonds is 13. The first-order valence-electron chi connectivity index (χ1n) is 13.0. The maximum absolute atomic E-state index is 13.0. The molecule has 0 N–H and O–H groups in total. The Morgan fingerprint density at radius 3 is 2.27 bits per heavy atom. The van der Waals surface area contributed by atoms with Gasteiger partial charge in [0.1, 0.15) is 11.6 Å². The highest BCUT2D eigenvalue weighted by atomic mass is 19.1. The second-order valence-electron chi connectivity index (χ2n) is 9.66. The van der Waals surface area contributed by atoms with Crippen LogP contribution in [0.25, 0.3) is 0 Å². The van der Waals surface area contributed by atoms with Gasteiger partial charge in [-0.1, -0.05) is 70.4 Å². The highest BCUT2D eigenvalue weighted by Gasteiger charge is 2.27. The zero-order valence-electron chi connectivity index (χ0n) is 20.2. The minimum Gasteiger partial charge on any atom is -0.425 e. The van der Waals surface area contributed by atoms with Gasteiger partial charge in [-0.2, -0.15) is 0 Å². The van der Waals surface area contributed by atoms with E-state index in [1.807, 2.05) is 12.1 Å². The molecule has 0 radical (unpaired) electrons. The lowest BCUT2D eigenvalue weighted by Gasteiger charge is -2.27. The van der Waals surface area contributed by atoms with Crippen molar-refractivity contribution in [1.82, 2.24) is 4.98 Å². The van der Waals surface area contributed by atoms with Crippen LogP contribution < -0.4 is 4.74 Å². The van der Waals surface area contributed by atoms with Crippen molar-refractivity contribution in [2.24, 2.45) is 11.8 Å². The lowest BCUT2D eigenvalue weighted by Crippen LogP contribution is -2.25. The van der Waals surface area contributed by atoms with E-state index in [0.717, 1.165) is 55.7 Å². The van der Waals surface area contributed by atoms with Gasteiger partial charge in [-0.15, -0.1) is 0 Å². The van der Waals surface area contributed by atoms with Crippen LogP contribution in [0, 0.1) is 17.7 Å². The first-order chi connectivity index (χ1) is 16.1. The quantitative estimate of drug-likeness (QED) is 0.229. The molecule has 1 heterocycles. The molecular formula is C29H40FNO2. The van der Waals surface area contributed by atoms with Gasteiger partial charge in [0.15, 0.2) is 0 Å². The highest BCUT2D eigenvalue weighted by molar-refractivity contribution is 5.75. The molecular weight excluding hydrogens is 413 g/mol. The Hall–Kier alpha value is -2.23. The molecule has 1 aliphatic carbocycles. The fourth-order valence-corrected chi connectivity index (χ4v) is 4.82. The number of carbonyl (C=O) groups is 1. The van der Waals surface area contributed by atoms with Gasteiger partial charge >= 0.3 is 5.97 Å². The molecule has 1 fully saturated rings. The SMILES string of the molecule is CCCCCCCCCC1CCC(C(=O)Oc2ccc(CCc3ccc(F)cc3)nc2)CC1. The Morgan fingerprint density at radius 1 is 0.909 bits per heavy atom. The number of halogens is 1. The molecule has 0 amide bonds. The van der Waals surface area contributed by atoms with Crippen molar-refractivity contribution < 1.29 is 13.9 Å². The number of pyridine rings is 1. The van der Waals surface area contributed by atoms with Crippen molar-refractivity contribution in [3.05, 3.63) is 59.7 Å². The molecule has 1 aliphatic rings. The summed E-state index contributed by atoms with van der Waals surface area (Å²) in [5.41, 5.74) is 2.02. The molecule has 0 saturated heterocycles. The maximum atomic E-state index is 13.0. The summed E-state index contributed by atoms with van der Waals surface area (Å²) in [6.45, 7) is 2.26. The molecule has 1 aromatic heterocycles. The fraction of sp³-hybridized carbons (Fsp3) is 0.586. The lowest BCUT2D eigenvalue weighted by atomic mass is 9.80. The normalized spacial score (nSPS) is 18.2. The summed E-state index contributed by atoms with van der Waals surface area (Å²) in [6.07, 6.45) is 18.3. The standard InChI is InChI=1S/C29H40FNO2/c1-2-3-4-5-6-7-8-9-23-10-15-25(16-11-23)29(32)33-28-21-20-27(31-22-28)19-14-24-12-17-26(30)18-13-24/h12-13,17-18,20-23,25H,2-11,14-16,19H2,1H3. The van der Waals surface area contributed by atoms with E-state index in [1.165, 1.54) is 63.5 Å². The van der Waals surface area contributed by atoms with Crippen LogP contribution in [-0.4, -0.2) is 11.0 Å². The Balaban J connectivity index is 1.31. The number of unbranched alkanes of at least 4 members (excludes halogenated alkanes) is 6. The zero-order chi connectivity index (χ0) is 23.3. The molecule has 180 valence electrons. The zero-order valence-corrected chi connectivity index (χ0v) is 20.2.